The number of aryl methyl sites for hydroxylation is 1. The Morgan fingerprint density at radius 2 is 1.52 bits per heavy atom. The molecule has 0 spiro atoms. The minimum atomic E-state index is -0.815. The molecule has 23 heteroatoms. The van der Waals surface area contributed by atoms with Gasteiger partial charge in [0.05, 0.1) is 18.7 Å². The molecule has 73 heavy (non-hydrogen) atoms. The molecule has 4 saturated heterocycles. The minimum absolute atomic E-state index is 0.000300. The van der Waals surface area contributed by atoms with E-state index in [0.29, 0.717) is 56.8 Å². The van der Waals surface area contributed by atoms with Crippen molar-refractivity contribution in [1.82, 2.24) is 40.1 Å². The first-order valence-electron chi connectivity index (χ1n) is 25.0. The van der Waals surface area contributed by atoms with Gasteiger partial charge in [0.2, 0.25) is 29.6 Å². The number of aliphatic imine (C=N–C) groups is 1. The Kier molecular flexibility index (Phi) is 19.2. The number of likely N-dealkylation sites (tertiary alicyclic amines) is 4. The first kappa shape index (κ1) is 55.1. The van der Waals surface area contributed by atoms with Crippen molar-refractivity contribution in [2.24, 2.45) is 15.8 Å². The van der Waals surface area contributed by atoms with Crippen LogP contribution in [0.15, 0.2) is 57.1 Å². The van der Waals surface area contributed by atoms with E-state index in [1.807, 2.05) is 25.1 Å². The number of amides is 7. The number of nitrogens with zero attached hydrogens (tertiary/aromatic N) is 10. The molecule has 7 amide bonds. The second kappa shape index (κ2) is 25.4. The van der Waals surface area contributed by atoms with Crippen LogP contribution in [-0.2, 0) is 23.9 Å². The molecule has 4 atom stereocenters. The van der Waals surface area contributed by atoms with Crippen molar-refractivity contribution in [3.63, 3.8) is 0 Å². The predicted octanol–water partition coefficient (Wildman–Crippen LogP) is 4.56. The molecule has 0 radical (unpaired) electrons. The average molecular weight is 1010 g/mol. The lowest BCUT2D eigenvalue weighted by Gasteiger charge is -2.29. The summed E-state index contributed by atoms with van der Waals surface area (Å²) in [6.45, 7) is 9.90. The van der Waals surface area contributed by atoms with Crippen molar-refractivity contribution >= 4 is 64.2 Å². The summed E-state index contributed by atoms with van der Waals surface area (Å²) >= 11 is 0. The van der Waals surface area contributed by atoms with Crippen LogP contribution in [0.1, 0.15) is 112 Å². The third kappa shape index (κ3) is 15.4. The number of furan rings is 1. The number of aromatic nitrogens is 1. The Morgan fingerprint density at radius 1 is 0.863 bits per heavy atom. The number of alkyl carbamates (subject to hydrolysis) is 1. The monoisotopic (exact) mass is 1010 g/mol. The lowest BCUT2D eigenvalue weighted by Crippen LogP contribution is -2.51. The summed E-state index contributed by atoms with van der Waals surface area (Å²) in [5, 5.41) is 13.0. The molecule has 0 saturated carbocycles. The van der Waals surface area contributed by atoms with Gasteiger partial charge < -0.3 is 50.0 Å². The normalized spacial score (nSPS) is 20.6. The number of benzene rings is 1. The fourth-order valence-corrected chi connectivity index (χ4v) is 9.31. The number of guanidine groups is 1. The highest BCUT2D eigenvalue weighted by molar-refractivity contribution is 6.11. The second-order valence-corrected chi connectivity index (χ2v) is 19.9. The Hall–Kier alpha value is -7.26. The molecule has 3 aromatic rings. The molecule has 0 bridgehead atoms. The van der Waals surface area contributed by atoms with Gasteiger partial charge in [-0.05, 0) is 134 Å². The Labute approximate surface area is 425 Å². The fraction of sp³-hybridized carbons (Fsp3) is 0.580. The number of ether oxygens (including phenoxy) is 1. The molecule has 394 valence electrons. The van der Waals surface area contributed by atoms with Gasteiger partial charge in [-0.1, -0.05) is 5.11 Å². The first-order valence-corrected chi connectivity index (χ1v) is 25.0. The zero-order valence-corrected chi connectivity index (χ0v) is 42.8. The largest absolute Gasteiger partial charge is 0.461 e. The van der Waals surface area contributed by atoms with Gasteiger partial charge in [-0.2, -0.15) is 0 Å². The van der Waals surface area contributed by atoms with Crippen molar-refractivity contribution in [1.29, 1.82) is 0 Å². The van der Waals surface area contributed by atoms with Crippen molar-refractivity contribution in [3.8, 4) is 0 Å². The van der Waals surface area contributed by atoms with Crippen LogP contribution in [0.4, 0.5) is 10.5 Å². The van der Waals surface area contributed by atoms with Crippen LogP contribution < -0.4 is 21.7 Å². The lowest BCUT2D eigenvalue weighted by atomic mass is 10.1. The summed E-state index contributed by atoms with van der Waals surface area (Å²) < 4.78 is 10.9. The summed E-state index contributed by atoms with van der Waals surface area (Å²) in [6.07, 6.45) is 8.10. The SMILES string of the molecule is CC(C)(C)OC(=O)NC1CCCCN(CC(=O)N2CCC[C@@H]2CN=[N+]=[N-])C1=O.Cc1cc2cc(NC(=N[C@H]3CCCCN(CC(=O)N4CCC[C@@H]4CN)C3=O)NC(=O)c3ccc(C(=O)N(C)C)nc3)ccc2o1. The molecule has 2 aromatic heterocycles. The number of nitrogens with one attached hydrogen (secondary N) is 3. The summed E-state index contributed by atoms with van der Waals surface area (Å²) in [6, 6.07) is 8.74. The van der Waals surface area contributed by atoms with E-state index in [2.05, 4.69) is 31.0 Å². The molecular formula is C50H70N14O9. The highest BCUT2D eigenvalue weighted by Crippen LogP contribution is 2.25. The zero-order valence-electron chi connectivity index (χ0n) is 42.8. The molecule has 1 aromatic carbocycles. The van der Waals surface area contributed by atoms with Gasteiger partial charge in [0.15, 0.2) is 0 Å². The van der Waals surface area contributed by atoms with Crippen LogP contribution in [0.3, 0.4) is 0 Å². The number of azide groups is 1. The number of hydrogen-bond acceptors (Lipinski definition) is 13. The predicted molar refractivity (Wildman–Crippen MR) is 272 cm³/mol. The van der Waals surface area contributed by atoms with Crippen molar-refractivity contribution in [2.75, 3.05) is 71.8 Å². The molecule has 5 N–H and O–H groups in total. The highest BCUT2D eigenvalue weighted by Gasteiger charge is 2.36. The third-order valence-electron chi connectivity index (χ3n) is 13.0. The molecular weight excluding hydrogens is 941 g/mol. The molecule has 7 rings (SSSR count). The van der Waals surface area contributed by atoms with Crippen LogP contribution in [0.5, 0.6) is 0 Å². The fourth-order valence-electron chi connectivity index (χ4n) is 9.31. The minimum Gasteiger partial charge on any atom is -0.461 e. The molecule has 4 fully saturated rings. The van der Waals surface area contributed by atoms with Crippen molar-refractivity contribution < 1.29 is 42.7 Å². The molecule has 6 heterocycles. The van der Waals surface area contributed by atoms with Gasteiger partial charge in [-0.3, -0.25) is 39.1 Å². The highest BCUT2D eigenvalue weighted by atomic mass is 16.6. The van der Waals surface area contributed by atoms with E-state index in [1.54, 1.807) is 55.6 Å². The van der Waals surface area contributed by atoms with E-state index >= 15 is 0 Å². The smallest absolute Gasteiger partial charge is 0.408 e. The lowest BCUT2D eigenvalue weighted by molar-refractivity contribution is -0.141. The Morgan fingerprint density at radius 3 is 2.15 bits per heavy atom. The molecule has 23 nitrogen and oxygen atoms in total. The van der Waals surface area contributed by atoms with Gasteiger partial charge in [0.1, 0.15) is 34.7 Å². The number of anilines is 1. The number of carbonyl (C=O) groups is 7. The van der Waals surface area contributed by atoms with E-state index in [0.717, 1.165) is 62.5 Å². The van der Waals surface area contributed by atoms with E-state index in [-0.39, 0.29) is 78.5 Å². The number of carbonyl (C=O) groups excluding carboxylic acids is 7. The summed E-state index contributed by atoms with van der Waals surface area (Å²) in [5.41, 5.74) is 15.5. The maximum absolute atomic E-state index is 13.7. The van der Waals surface area contributed by atoms with E-state index < -0.39 is 29.7 Å². The maximum atomic E-state index is 13.7. The second-order valence-electron chi connectivity index (χ2n) is 19.9. The standard InChI is InChI=1S/C32H40N8O5.C18H30N6O4/c1-20-15-22-16-23(10-12-27(22)45-20)35-32(37-29(42)21-9-11-25(34-18-21)30(43)38(2)3)36-26-8-4-5-13-39(31(26)44)19-28(41)40-14-6-7-24(40)17-33;1-18(2,3)28-17(27)21-14-8-4-5-9-23(16(14)26)12-15(25)24-10-6-7-13(24)11-20-22-19/h9-12,15-16,18,24,26H,4-8,13-14,17,19,33H2,1-3H3,(H2,35,36,37,42);13-14H,4-12H2,1-3H3,(H,21,27)/t24-,26+;13-,14?/m11/s1. The van der Waals surface area contributed by atoms with Crippen molar-refractivity contribution in [2.45, 2.75) is 122 Å². The zero-order chi connectivity index (χ0) is 52.8. The summed E-state index contributed by atoms with van der Waals surface area (Å²) in [5.74, 6) is -0.765. The number of fused-ring (bicyclic) bond motifs is 1. The van der Waals surface area contributed by atoms with Crippen LogP contribution in [-0.4, -0.2) is 173 Å². The number of pyridine rings is 1. The number of rotatable bonds is 12. The van der Waals surface area contributed by atoms with E-state index in [9.17, 15) is 33.6 Å². The van der Waals surface area contributed by atoms with Crippen LogP contribution in [0, 0.1) is 6.92 Å². The van der Waals surface area contributed by atoms with E-state index in [1.165, 1.54) is 28.1 Å². The maximum Gasteiger partial charge on any atom is 0.408 e. The quantitative estimate of drug-likeness (QED) is 0.0639. The summed E-state index contributed by atoms with van der Waals surface area (Å²) in [4.78, 5) is 110. The number of nitrogens with two attached hydrogens (primary N) is 1. The van der Waals surface area contributed by atoms with Gasteiger partial charge in [-0.25, -0.2) is 9.79 Å². The van der Waals surface area contributed by atoms with Crippen LogP contribution in [0.2, 0.25) is 0 Å². The van der Waals surface area contributed by atoms with Gasteiger partial charge in [0.25, 0.3) is 11.8 Å². The Balaban J connectivity index is 0.000000267. The molecule has 1 unspecified atom stereocenters. The van der Waals surface area contributed by atoms with Crippen LogP contribution >= 0.6 is 0 Å². The number of hydrogen-bond donors (Lipinski definition) is 4. The first-order chi connectivity index (χ1) is 34.8. The molecule has 4 aliphatic heterocycles. The third-order valence-corrected chi connectivity index (χ3v) is 13.0. The summed E-state index contributed by atoms with van der Waals surface area (Å²) in [7, 11) is 3.24. The molecule has 0 aliphatic carbocycles. The average Bonchev–Trinajstić information content (AvgIpc) is 4.08. The van der Waals surface area contributed by atoms with Gasteiger partial charge >= 0.3 is 6.09 Å². The molecule has 4 aliphatic rings. The van der Waals surface area contributed by atoms with Crippen molar-refractivity contribution in [3.05, 3.63) is 70.1 Å². The topological polar surface area (TPSA) is 294 Å². The van der Waals surface area contributed by atoms with Crippen LogP contribution in [0.25, 0.3) is 21.4 Å². The Bertz CT molecular complexity index is 2550. The van der Waals surface area contributed by atoms with Gasteiger partial charge in [-0.15, -0.1) is 0 Å². The van der Waals surface area contributed by atoms with E-state index in [4.69, 9.17) is 25.4 Å². The van der Waals surface area contributed by atoms with Gasteiger partial charge in [0, 0.05) is 87.6 Å².